The lowest BCUT2D eigenvalue weighted by Gasteiger charge is -2.24. The molecule has 0 radical (unpaired) electrons. The van der Waals surface area contributed by atoms with Crippen molar-refractivity contribution in [3.05, 3.63) is 62.6 Å². The van der Waals surface area contributed by atoms with Crippen molar-refractivity contribution in [2.75, 3.05) is 23.6 Å². The fourth-order valence-electron chi connectivity index (χ4n) is 3.39. The van der Waals surface area contributed by atoms with E-state index in [0.29, 0.717) is 16.3 Å². The molecule has 13 heteroatoms. The number of rotatable bonds is 8. The van der Waals surface area contributed by atoms with Gasteiger partial charge in [0.15, 0.2) is 0 Å². The molecule has 1 aliphatic rings. The van der Waals surface area contributed by atoms with E-state index in [4.69, 9.17) is 39.5 Å². The minimum Gasteiger partial charge on any atom is -0.480 e. The van der Waals surface area contributed by atoms with E-state index in [2.05, 4.69) is 10.6 Å². The Kier molecular flexibility index (Phi) is 9.72. The van der Waals surface area contributed by atoms with Crippen molar-refractivity contribution in [3.8, 4) is 0 Å². The van der Waals surface area contributed by atoms with E-state index in [-0.39, 0.29) is 40.2 Å². The molecule has 0 aromatic heterocycles. The maximum absolute atomic E-state index is 12.7. The molecule has 192 valence electrons. The molecule has 3 rings (SSSR count). The predicted octanol–water partition coefficient (Wildman–Crippen LogP) is 4.54. The lowest BCUT2D eigenvalue weighted by Crippen LogP contribution is -2.52. The second-order valence-corrected chi connectivity index (χ2v) is 9.93. The second kappa shape index (κ2) is 12.5. The Morgan fingerprint density at radius 2 is 1.78 bits per heavy atom. The third kappa shape index (κ3) is 6.97. The van der Waals surface area contributed by atoms with Gasteiger partial charge in [-0.3, -0.25) is 14.5 Å². The van der Waals surface area contributed by atoms with Crippen molar-refractivity contribution in [1.29, 1.82) is 0 Å². The van der Waals surface area contributed by atoms with E-state index in [0.717, 1.165) is 0 Å². The Morgan fingerprint density at radius 3 is 2.36 bits per heavy atom. The van der Waals surface area contributed by atoms with Crippen LogP contribution in [0.15, 0.2) is 36.4 Å². The maximum Gasteiger partial charge on any atom is 0.411 e. The number of anilines is 1. The van der Waals surface area contributed by atoms with Gasteiger partial charge in [-0.25, -0.2) is 9.59 Å². The Hall–Kier alpha value is -2.66. The van der Waals surface area contributed by atoms with Crippen molar-refractivity contribution < 1.29 is 29.0 Å². The van der Waals surface area contributed by atoms with Crippen LogP contribution in [0.25, 0.3) is 0 Å². The molecule has 0 aliphatic carbocycles. The molecule has 1 saturated heterocycles. The van der Waals surface area contributed by atoms with Crippen LogP contribution >= 0.6 is 46.6 Å². The first kappa shape index (κ1) is 27.9. The summed E-state index contributed by atoms with van der Waals surface area (Å²) in [5.41, 5.74) is 1.07. The zero-order valence-corrected chi connectivity index (χ0v) is 22.0. The molecular formula is C23H22Cl3N3O6S. The molecule has 2 aromatic carbocycles. The second-order valence-electron chi connectivity index (χ2n) is 7.68. The number of benzene rings is 2. The first-order valence-electron chi connectivity index (χ1n) is 10.7. The molecule has 36 heavy (non-hydrogen) atoms. The van der Waals surface area contributed by atoms with Crippen LogP contribution in [-0.4, -0.2) is 64.2 Å². The Bertz CT molecular complexity index is 1140. The number of amides is 3. The summed E-state index contributed by atoms with van der Waals surface area (Å²) in [7, 11) is 0. The van der Waals surface area contributed by atoms with Gasteiger partial charge >= 0.3 is 12.1 Å². The summed E-state index contributed by atoms with van der Waals surface area (Å²) in [6.45, 7) is 1.83. The van der Waals surface area contributed by atoms with Crippen LogP contribution < -0.4 is 10.6 Å². The molecule has 0 spiro atoms. The van der Waals surface area contributed by atoms with Crippen molar-refractivity contribution in [2.45, 2.75) is 25.4 Å². The minimum atomic E-state index is -1.24. The molecule has 3 N–H and O–H groups in total. The van der Waals surface area contributed by atoms with Crippen LogP contribution in [0.5, 0.6) is 0 Å². The van der Waals surface area contributed by atoms with E-state index in [9.17, 15) is 24.3 Å². The molecule has 1 fully saturated rings. The van der Waals surface area contributed by atoms with E-state index in [1.165, 1.54) is 40.9 Å². The van der Waals surface area contributed by atoms with Crippen LogP contribution in [0.2, 0.25) is 15.1 Å². The molecule has 3 amide bonds. The fraction of sp³-hybridized carbons (Fsp3) is 0.304. The van der Waals surface area contributed by atoms with Crippen molar-refractivity contribution in [1.82, 2.24) is 10.2 Å². The van der Waals surface area contributed by atoms with Crippen LogP contribution in [0.3, 0.4) is 0 Å². The lowest BCUT2D eigenvalue weighted by atomic mass is 10.0. The van der Waals surface area contributed by atoms with E-state index in [1.54, 1.807) is 19.1 Å². The average molecular weight is 575 g/mol. The Morgan fingerprint density at radius 1 is 1.14 bits per heavy atom. The molecule has 2 aromatic rings. The van der Waals surface area contributed by atoms with E-state index < -0.39 is 36.0 Å². The lowest BCUT2D eigenvalue weighted by molar-refractivity contribution is -0.142. The molecule has 0 saturated carbocycles. The zero-order chi connectivity index (χ0) is 26.4. The van der Waals surface area contributed by atoms with E-state index >= 15 is 0 Å². The molecule has 2 atom stereocenters. The van der Waals surface area contributed by atoms with Gasteiger partial charge in [-0.15, -0.1) is 11.8 Å². The summed E-state index contributed by atoms with van der Waals surface area (Å²) < 4.78 is 4.96. The van der Waals surface area contributed by atoms with Gasteiger partial charge in [-0.1, -0.05) is 46.9 Å². The number of carbonyl (C=O) groups excluding carboxylic acids is 3. The number of carboxylic acid groups (broad SMARTS) is 1. The highest BCUT2D eigenvalue weighted by Crippen LogP contribution is 2.34. The van der Waals surface area contributed by atoms with Gasteiger partial charge in [-0.2, -0.15) is 0 Å². The topological polar surface area (TPSA) is 125 Å². The van der Waals surface area contributed by atoms with Crippen molar-refractivity contribution >= 4 is 76.1 Å². The third-order valence-electron chi connectivity index (χ3n) is 5.20. The SMILES string of the molecule is CCOC(=O)N1CSCC1C(=O)NC(Cc1ccc(C(=O)Nc2c(Cl)cc(Cl)cc2Cl)cc1)C(=O)O. The molecule has 2 unspecified atom stereocenters. The van der Waals surface area contributed by atoms with Gasteiger partial charge < -0.3 is 20.5 Å². The Balaban J connectivity index is 1.65. The third-order valence-corrected chi connectivity index (χ3v) is 7.03. The number of hydrogen-bond acceptors (Lipinski definition) is 6. The summed E-state index contributed by atoms with van der Waals surface area (Å²) in [6.07, 6.45) is -0.651. The van der Waals surface area contributed by atoms with Gasteiger partial charge in [-0.05, 0) is 36.8 Å². The molecular weight excluding hydrogens is 553 g/mol. The van der Waals surface area contributed by atoms with Crippen LogP contribution in [0.4, 0.5) is 10.5 Å². The summed E-state index contributed by atoms with van der Waals surface area (Å²) >= 11 is 19.5. The number of thioether (sulfide) groups is 1. The van der Waals surface area contributed by atoms with Gasteiger partial charge in [0.25, 0.3) is 5.91 Å². The van der Waals surface area contributed by atoms with E-state index in [1.807, 2.05) is 0 Å². The normalized spacial score (nSPS) is 15.8. The predicted molar refractivity (Wildman–Crippen MR) is 139 cm³/mol. The Labute approximate surface area is 226 Å². The number of halogens is 3. The summed E-state index contributed by atoms with van der Waals surface area (Å²) in [6, 6.07) is 7.02. The highest BCUT2D eigenvalue weighted by molar-refractivity contribution is 7.99. The largest absolute Gasteiger partial charge is 0.480 e. The van der Waals surface area contributed by atoms with Gasteiger partial charge in [0.05, 0.1) is 28.2 Å². The van der Waals surface area contributed by atoms with Crippen LogP contribution in [0.1, 0.15) is 22.8 Å². The minimum absolute atomic E-state index is 0.0307. The smallest absolute Gasteiger partial charge is 0.411 e. The zero-order valence-electron chi connectivity index (χ0n) is 18.9. The summed E-state index contributed by atoms with van der Waals surface area (Å²) in [5, 5.41) is 15.5. The number of carbonyl (C=O) groups is 4. The molecule has 1 aliphatic heterocycles. The van der Waals surface area contributed by atoms with Crippen LogP contribution in [-0.2, 0) is 20.7 Å². The molecule has 0 bridgehead atoms. The fourth-order valence-corrected chi connectivity index (χ4v) is 5.44. The number of aliphatic carboxylic acids is 1. The molecule has 1 heterocycles. The van der Waals surface area contributed by atoms with Crippen molar-refractivity contribution in [3.63, 3.8) is 0 Å². The monoisotopic (exact) mass is 573 g/mol. The van der Waals surface area contributed by atoms with Gasteiger partial charge in [0, 0.05) is 22.8 Å². The standard InChI is InChI=1S/C23H22Cl3N3O6S/c1-2-35-23(34)29-11-36-10-18(29)21(31)27-17(22(32)33)7-12-3-5-13(6-4-12)20(30)28-19-15(25)8-14(24)9-16(19)26/h3-6,8-9,17-18H,2,7,10-11H2,1H3,(H,27,31)(H,28,30)(H,32,33). The first-order valence-corrected chi connectivity index (χ1v) is 13.0. The summed E-state index contributed by atoms with van der Waals surface area (Å²) in [5.74, 6) is -1.67. The van der Waals surface area contributed by atoms with Crippen LogP contribution in [0, 0.1) is 0 Å². The maximum atomic E-state index is 12.7. The number of nitrogens with zero attached hydrogens (tertiary/aromatic N) is 1. The number of carboxylic acids is 1. The van der Waals surface area contributed by atoms with Gasteiger partial charge in [0.1, 0.15) is 12.1 Å². The molecule has 9 nitrogen and oxygen atoms in total. The highest BCUT2D eigenvalue weighted by Gasteiger charge is 2.37. The number of hydrogen-bond donors (Lipinski definition) is 3. The van der Waals surface area contributed by atoms with Crippen molar-refractivity contribution in [2.24, 2.45) is 0 Å². The average Bonchev–Trinajstić information content (AvgIpc) is 3.31. The number of ether oxygens (including phenoxy) is 1. The quantitative estimate of drug-likeness (QED) is 0.423. The van der Waals surface area contributed by atoms with Gasteiger partial charge in [0.2, 0.25) is 5.91 Å². The highest BCUT2D eigenvalue weighted by atomic mass is 35.5. The first-order chi connectivity index (χ1) is 17.1. The number of nitrogens with one attached hydrogen (secondary N) is 2. The summed E-state index contributed by atoms with van der Waals surface area (Å²) in [4.78, 5) is 50.5.